The Hall–Kier alpha value is -8.39. The average molecular weight is 782 g/mol. The van der Waals surface area contributed by atoms with Crippen molar-refractivity contribution in [3.05, 3.63) is 205 Å². The molecule has 0 unspecified atom stereocenters. The lowest BCUT2D eigenvalue weighted by molar-refractivity contribution is 0.660. The number of hydrogen-bond acceptors (Lipinski definition) is 6. The maximum Gasteiger partial charge on any atom is 0.196 e. The number of aromatic nitrogens is 5. The number of nitrogens with zero attached hydrogens (tertiary/aromatic N) is 7. The SMILES string of the molecule is [C-]#[N+]c1cc(C#N)cc2c1-c1ccc(-c3cc(-c4cc(-c5cccnc5)cc(-c5cccnc5)c4)cc(-c4nc(-c5ccccc5)nc(-c5ccccc5)n4)c3)cc1C2(C)C. The van der Waals surface area contributed by atoms with E-state index in [1.54, 1.807) is 18.5 Å². The molecule has 0 spiro atoms. The Balaban J connectivity index is 1.22. The number of benzene rings is 6. The highest BCUT2D eigenvalue weighted by Gasteiger charge is 2.37. The van der Waals surface area contributed by atoms with Crippen LogP contribution >= 0.6 is 0 Å². The zero-order chi connectivity index (χ0) is 41.5. The first-order valence-corrected chi connectivity index (χ1v) is 20.0. The van der Waals surface area contributed by atoms with Gasteiger partial charge in [-0.2, -0.15) is 5.26 Å². The van der Waals surface area contributed by atoms with Gasteiger partial charge in [-0.25, -0.2) is 19.8 Å². The summed E-state index contributed by atoms with van der Waals surface area (Å²) < 4.78 is 0. The van der Waals surface area contributed by atoms with Crippen LogP contribution in [0.2, 0.25) is 0 Å². The number of pyridine rings is 2. The highest BCUT2D eigenvalue weighted by atomic mass is 15.0. The van der Waals surface area contributed by atoms with Gasteiger partial charge in [0, 0.05) is 63.6 Å². The molecule has 61 heavy (non-hydrogen) atoms. The third-order valence-electron chi connectivity index (χ3n) is 11.5. The Morgan fingerprint density at radius 2 is 0.951 bits per heavy atom. The van der Waals surface area contributed by atoms with Crippen LogP contribution < -0.4 is 0 Å². The van der Waals surface area contributed by atoms with E-state index in [-0.39, 0.29) is 0 Å². The maximum atomic E-state index is 9.86. The third kappa shape index (κ3) is 6.81. The van der Waals surface area contributed by atoms with Gasteiger partial charge < -0.3 is 0 Å². The summed E-state index contributed by atoms with van der Waals surface area (Å²) in [6.45, 7) is 12.4. The zero-order valence-corrected chi connectivity index (χ0v) is 33.4. The van der Waals surface area contributed by atoms with E-state index in [4.69, 9.17) is 21.5 Å². The molecule has 0 saturated carbocycles. The molecule has 0 bridgehead atoms. The fourth-order valence-corrected chi connectivity index (χ4v) is 8.38. The Bertz CT molecular complexity index is 2960. The van der Waals surface area contributed by atoms with Crippen LogP contribution in [-0.2, 0) is 5.41 Å². The second-order valence-electron chi connectivity index (χ2n) is 15.6. The Labute approximate surface area is 354 Å². The van der Waals surface area contributed by atoms with Crippen LogP contribution in [0.15, 0.2) is 176 Å². The summed E-state index contributed by atoms with van der Waals surface area (Å²) in [7, 11) is 0. The van der Waals surface area contributed by atoms with Crippen molar-refractivity contribution in [1.29, 1.82) is 5.26 Å². The molecule has 0 radical (unpaired) electrons. The first-order chi connectivity index (χ1) is 29.9. The summed E-state index contributed by atoms with van der Waals surface area (Å²) in [6.07, 6.45) is 7.35. The summed E-state index contributed by atoms with van der Waals surface area (Å²) >= 11 is 0. The number of rotatable bonds is 7. The Morgan fingerprint density at radius 3 is 1.44 bits per heavy atom. The Morgan fingerprint density at radius 1 is 0.475 bits per heavy atom. The van der Waals surface area contributed by atoms with E-state index >= 15 is 0 Å². The summed E-state index contributed by atoms with van der Waals surface area (Å²) in [5.41, 5.74) is 15.2. The van der Waals surface area contributed by atoms with Crippen molar-refractivity contribution >= 4 is 5.69 Å². The highest BCUT2D eigenvalue weighted by molar-refractivity contribution is 5.93. The normalized spacial score (nSPS) is 12.2. The maximum absolute atomic E-state index is 9.86. The predicted molar refractivity (Wildman–Crippen MR) is 242 cm³/mol. The first kappa shape index (κ1) is 36.9. The minimum absolute atomic E-state index is 0.451. The summed E-state index contributed by atoms with van der Waals surface area (Å²) in [5.74, 6) is 1.71. The van der Waals surface area contributed by atoms with Gasteiger partial charge in [0.1, 0.15) is 0 Å². The molecule has 0 fully saturated rings. The van der Waals surface area contributed by atoms with Gasteiger partial charge in [-0.15, -0.1) is 0 Å². The van der Waals surface area contributed by atoms with E-state index < -0.39 is 5.41 Å². The standard InChI is InChI=1S/C54H35N7/c1-54(2)47-30-37(18-19-46(47)50-48(54)22-34(31-55)23-49(50)56-3)40-24-44(43-26-41(38-16-10-20-57-32-38)25-42(27-43)39-17-11-21-58-33-39)29-45(28-40)53-60-51(35-12-6-4-7-13-35)59-52(61-53)36-14-8-5-9-15-36/h4-30,32-33H,1-2H3. The van der Waals surface area contributed by atoms with Gasteiger partial charge in [-0.1, -0.05) is 98.8 Å². The molecule has 0 atom stereocenters. The van der Waals surface area contributed by atoms with Gasteiger partial charge in [0.05, 0.1) is 12.6 Å². The van der Waals surface area contributed by atoms with Crippen molar-refractivity contribution in [2.45, 2.75) is 19.3 Å². The predicted octanol–water partition coefficient (Wildman–Crippen LogP) is 13.1. The largest absolute Gasteiger partial charge is 0.264 e. The van der Waals surface area contributed by atoms with Crippen molar-refractivity contribution in [2.75, 3.05) is 0 Å². The summed E-state index contributed by atoms with van der Waals surface area (Å²) in [4.78, 5) is 28.0. The van der Waals surface area contributed by atoms with Gasteiger partial charge in [0.25, 0.3) is 0 Å². The molecule has 0 amide bonds. The van der Waals surface area contributed by atoms with Gasteiger partial charge in [0.2, 0.25) is 0 Å². The van der Waals surface area contributed by atoms with E-state index in [1.165, 1.54) is 0 Å². The molecule has 9 aromatic rings. The van der Waals surface area contributed by atoms with Crippen LogP contribution in [0.25, 0.3) is 94.6 Å². The molecule has 7 nitrogen and oxygen atoms in total. The van der Waals surface area contributed by atoms with Gasteiger partial charge in [0.15, 0.2) is 23.2 Å². The minimum atomic E-state index is -0.451. The minimum Gasteiger partial charge on any atom is -0.264 e. The second kappa shape index (κ2) is 15.1. The monoisotopic (exact) mass is 781 g/mol. The fraction of sp³-hybridized carbons (Fsp3) is 0.0556. The number of fused-ring (bicyclic) bond motifs is 3. The molecule has 10 rings (SSSR count). The van der Waals surface area contributed by atoms with E-state index in [2.05, 4.69) is 101 Å². The molecular weight excluding hydrogens is 747 g/mol. The molecule has 7 heteroatoms. The topological polar surface area (TPSA) is 92.6 Å². The molecule has 1 aliphatic carbocycles. The number of nitriles is 1. The zero-order valence-electron chi connectivity index (χ0n) is 33.4. The third-order valence-corrected chi connectivity index (χ3v) is 11.5. The van der Waals surface area contributed by atoms with Crippen molar-refractivity contribution in [2.24, 2.45) is 0 Å². The van der Waals surface area contributed by atoms with Crippen LogP contribution in [0.1, 0.15) is 30.5 Å². The first-order valence-electron chi connectivity index (χ1n) is 20.0. The highest BCUT2D eigenvalue weighted by Crippen LogP contribution is 2.53. The Kier molecular flexibility index (Phi) is 9.13. The molecule has 3 aromatic heterocycles. The molecule has 0 aliphatic heterocycles. The quantitative estimate of drug-likeness (QED) is 0.150. The molecule has 286 valence electrons. The molecule has 6 aromatic carbocycles. The van der Waals surface area contributed by atoms with E-state index in [0.29, 0.717) is 28.7 Å². The molecule has 3 heterocycles. The second-order valence-corrected chi connectivity index (χ2v) is 15.6. The smallest absolute Gasteiger partial charge is 0.196 e. The van der Waals surface area contributed by atoms with Gasteiger partial charge in [-0.3, -0.25) is 9.97 Å². The molecule has 0 N–H and O–H groups in total. The van der Waals surface area contributed by atoms with E-state index in [9.17, 15) is 5.26 Å². The van der Waals surface area contributed by atoms with Crippen molar-refractivity contribution in [3.63, 3.8) is 0 Å². The lowest BCUT2D eigenvalue weighted by Gasteiger charge is -2.22. The van der Waals surface area contributed by atoms with Crippen LogP contribution in [0.5, 0.6) is 0 Å². The van der Waals surface area contributed by atoms with Crippen molar-refractivity contribution < 1.29 is 0 Å². The number of hydrogen-bond donors (Lipinski definition) is 0. The average Bonchev–Trinajstić information content (AvgIpc) is 3.56. The van der Waals surface area contributed by atoms with Crippen LogP contribution in [0, 0.1) is 17.9 Å². The van der Waals surface area contributed by atoms with Crippen molar-refractivity contribution in [3.8, 4) is 95.9 Å². The van der Waals surface area contributed by atoms with E-state index in [0.717, 1.165) is 83.5 Å². The lowest BCUT2D eigenvalue weighted by Crippen LogP contribution is -2.15. The molecule has 0 saturated heterocycles. The lowest BCUT2D eigenvalue weighted by atomic mass is 9.81. The van der Waals surface area contributed by atoms with Crippen LogP contribution in [0.4, 0.5) is 5.69 Å². The van der Waals surface area contributed by atoms with Gasteiger partial charge >= 0.3 is 0 Å². The molecular formula is C54H35N7. The fourth-order valence-electron chi connectivity index (χ4n) is 8.38. The van der Waals surface area contributed by atoms with Crippen LogP contribution in [0.3, 0.4) is 0 Å². The van der Waals surface area contributed by atoms with Gasteiger partial charge in [-0.05, 0) is 122 Å². The molecule has 1 aliphatic rings. The van der Waals surface area contributed by atoms with E-state index in [1.807, 2.05) is 91.3 Å². The van der Waals surface area contributed by atoms with Crippen molar-refractivity contribution in [1.82, 2.24) is 24.9 Å². The summed E-state index contributed by atoms with van der Waals surface area (Å²) in [5, 5.41) is 9.86. The van der Waals surface area contributed by atoms with Crippen LogP contribution in [-0.4, -0.2) is 24.9 Å². The summed E-state index contributed by atoms with van der Waals surface area (Å²) in [6, 6.07) is 53.6.